The van der Waals surface area contributed by atoms with Crippen molar-refractivity contribution in [3.63, 3.8) is 0 Å². The van der Waals surface area contributed by atoms with Crippen LogP contribution in [0.4, 0.5) is 5.69 Å². The maximum absolute atomic E-state index is 12.3. The number of hydrogen-bond acceptors (Lipinski definition) is 3. The molecule has 1 saturated carbocycles. The van der Waals surface area contributed by atoms with Crippen molar-refractivity contribution >= 4 is 29.4 Å². The standard InChI is InChI=1S/C19H26ClN3O/c20-18-11-17(7-6-15(18)12-21)23-9-8-16(13-23)22-19(24)10-14-4-2-1-3-5-14/h6-7,11-12,14,16,21H,1-5,8-10,13H2,(H,22,24)/t16-/m1/s1. The van der Waals surface area contributed by atoms with Crippen LogP contribution >= 0.6 is 11.6 Å². The van der Waals surface area contributed by atoms with Crippen LogP contribution in [0.25, 0.3) is 0 Å². The molecule has 1 aliphatic heterocycles. The Morgan fingerprint density at radius 3 is 2.79 bits per heavy atom. The summed E-state index contributed by atoms with van der Waals surface area (Å²) in [7, 11) is 0. The molecule has 1 heterocycles. The molecule has 0 aromatic heterocycles. The largest absolute Gasteiger partial charge is 0.369 e. The highest BCUT2D eigenvalue weighted by Gasteiger charge is 2.25. The third kappa shape index (κ3) is 4.29. The van der Waals surface area contributed by atoms with E-state index in [0.29, 0.717) is 17.4 Å². The van der Waals surface area contributed by atoms with E-state index in [-0.39, 0.29) is 11.9 Å². The first-order valence-corrected chi connectivity index (χ1v) is 9.38. The van der Waals surface area contributed by atoms with Crippen molar-refractivity contribution in [2.75, 3.05) is 18.0 Å². The van der Waals surface area contributed by atoms with Gasteiger partial charge in [-0.25, -0.2) is 0 Å². The lowest BCUT2D eigenvalue weighted by Crippen LogP contribution is -2.38. The molecule has 1 aliphatic carbocycles. The maximum atomic E-state index is 12.3. The summed E-state index contributed by atoms with van der Waals surface area (Å²) < 4.78 is 0. The van der Waals surface area contributed by atoms with Gasteiger partial charge in [0.1, 0.15) is 0 Å². The molecule has 3 rings (SSSR count). The molecule has 5 heteroatoms. The Hall–Kier alpha value is -1.55. The molecule has 2 aliphatic rings. The van der Waals surface area contributed by atoms with Crippen molar-refractivity contribution in [2.45, 2.75) is 51.0 Å². The quantitative estimate of drug-likeness (QED) is 0.791. The molecule has 1 aromatic carbocycles. The lowest BCUT2D eigenvalue weighted by molar-refractivity contribution is -0.122. The fraction of sp³-hybridized carbons (Fsp3) is 0.579. The minimum Gasteiger partial charge on any atom is -0.369 e. The Labute approximate surface area is 149 Å². The van der Waals surface area contributed by atoms with E-state index < -0.39 is 0 Å². The average Bonchev–Trinajstić information content (AvgIpc) is 3.04. The highest BCUT2D eigenvalue weighted by molar-refractivity contribution is 6.33. The second-order valence-electron chi connectivity index (χ2n) is 7.06. The Kier molecular flexibility index (Phi) is 5.77. The molecule has 0 radical (unpaired) electrons. The van der Waals surface area contributed by atoms with Gasteiger partial charge in [-0.15, -0.1) is 0 Å². The number of hydrogen-bond donors (Lipinski definition) is 2. The minimum absolute atomic E-state index is 0.214. The van der Waals surface area contributed by atoms with E-state index in [9.17, 15) is 4.79 Å². The first kappa shape index (κ1) is 17.3. The average molecular weight is 348 g/mol. The van der Waals surface area contributed by atoms with E-state index >= 15 is 0 Å². The van der Waals surface area contributed by atoms with Gasteiger partial charge in [0.25, 0.3) is 0 Å². The smallest absolute Gasteiger partial charge is 0.220 e. The van der Waals surface area contributed by atoms with Crippen molar-refractivity contribution < 1.29 is 4.79 Å². The van der Waals surface area contributed by atoms with Crippen molar-refractivity contribution in [1.29, 1.82) is 5.41 Å². The number of carbonyl (C=O) groups excluding carboxylic acids is 1. The molecule has 1 saturated heterocycles. The summed E-state index contributed by atoms with van der Waals surface area (Å²) in [5.41, 5.74) is 1.80. The van der Waals surface area contributed by atoms with Crippen LogP contribution in [0, 0.1) is 11.3 Å². The predicted molar refractivity (Wildman–Crippen MR) is 99.3 cm³/mol. The number of nitrogens with zero attached hydrogens (tertiary/aromatic N) is 1. The highest BCUT2D eigenvalue weighted by Crippen LogP contribution is 2.27. The van der Waals surface area contributed by atoms with E-state index in [2.05, 4.69) is 10.2 Å². The van der Waals surface area contributed by atoms with E-state index in [1.807, 2.05) is 18.2 Å². The molecule has 2 fully saturated rings. The summed E-state index contributed by atoms with van der Waals surface area (Å²) >= 11 is 6.19. The molecule has 0 spiro atoms. The van der Waals surface area contributed by atoms with Gasteiger partial charge in [0, 0.05) is 43.0 Å². The summed E-state index contributed by atoms with van der Waals surface area (Å²) in [4.78, 5) is 14.5. The Bertz CT molecular complexity index is 598. The number of benzene rings is 1. The van der Waals surface area contributed by atoms with Crippen LogP contribution in [0.2, 0.25) is 5.02 Å². The monoisotopic (exact) mass is 347 g/mol. The molecule has 0 bridgehead atoms. The van der Waals surface area contributed by atoms with Crippen LogP contribution in [-0.4, -0.2) is 31.3 Å². The number of carbonyl (C=O) groups is 1. The van der Waals surface area contributed by atoms with Crippen molar-refractivity contribution in [3.05, 3.63) is 28.8 Å². The Balaban J connectivity index is 1.50. The molecular formula is C19H26ClN3O. The van der Waals surface area contributed by atoms with Crippen molar-refractivity contribution in [3.8, 4) is 0 Å². The molecule has 130 valence electrons. The molecule has 0 unspecified atom stereocenters. The molecule has 1 atom stereocenters. The minimum atomic E-state index is 0.214. The second kappa shape index (κ2) is 8.02. The zero-order valence-electron chi connectivity index (χ0n) is 14.1. The number of nitrogens with one attached hydrogen (secondary N) is 2. The Morgan fingerprint density at radius 2 is 2.08 bits per heavy atom. The SMILES string of the molecule is N=Cc1ccc(N2CC[C@@H](NC(=O)CC3CCCCC3)C2)cc1Cl. The van der Waals surface area contributed by atoms with Gasteiger partial charge in [0.2, 0.25) is 5.91 Å². The maximum Gasteiger partial charge on any atom is 0.220 e. The summed E-state index contributed by atoms with van der Waals surface area (Å²) in [5.74, 6) is 0.801. The molecule has 1 amide bonds. The summed E-state index contributed by atoms with van der Waals surface area (Å²) in [6.45, 7) is 1.76. The van der Waals surface area contributed by atoms with Gasteiger partial charge in [0.05, 0.1) is 5.02 Å². The van der Waals surface area contributed by atoms with Crippen LogP contribution in [0.15, 0.2) is 18.2 Å². The lowest BCUT2D eigenvalue weighted by Gasteiger charge is -2.22. The van der Waals surface area contributed by atoms with Gasteiger partial charge in [-0.05, 0) is 43.4 Å². The van der Waals surface area contributed by atoms with Crippen LogP contribution < -0.4 is 10.2 Å². The van der Waals surface area contributed by atoms with Crippen LogP contribution in [0.5, 0.6) is 0 Å². The third-order valence-corrected chi connectivity index (χ3v) is 5.58. The van der Waals surface area contributed by atoms with E-state index in [1.54, 1.807) is 0 Å². The molecule has 4 nitrogen and oxygen atoms in total. The molecule has 24 heavy (non-hydrogen) atoms. The molecule has 1 aromatic rings. The second-order valence-corrected chi connectivity index (χ2v) is 7.46. The van der Waals surface area contributed by atoms with Gasteiger partial charge in [-0.1, -0.05) is 30.9 Å². The summed E-state index contributed by atoms with van der Waals surface area (Å²) in [6.07, 6.45) is 9.24. The van der Waals surface area contributed by atoms with Gasteiger partial charge in [-0.3, -0.25) is 4.79 Å². The first-order valence-electron chi connectivity index (χ1n) is 9.00. The van der Waals surface area contributed by atoms with E-state index in [4.69, 9.17) is 17.0 Å². The molecular weight excluding hydrogens is 322 g/mol. The summed E-state index contributed by atoms with van der Waals surface area (Å²) in [5, 5.41) is 11.1. The van der Waals surface area contributed by atoms with Crippen LogP contribution in [0.3, 0.4) is 0 Å². The topological polar surface area (TPSA) is 56.2 Å². The zero-order valence-corrected chi connectivity index (χ0v) is 14.8. The number of rotatable bonds is 5. The van der Waals surface area contributed by atoms with Gasteiger partial charge in [-0.2, -0.15) is 0 Å². The van der Waals surface area contributed by atoms with Gasteiger partial charge < -0.3 is 15.6 Å². The van der Waals surface area contributed by atoms with Crippen LogP contribution in [0.1, 0.15) is 50.5 Å². The fourth-order valence-electron chi connectivity index (χ4n) is 3.88. The number of halogens is 1. The number of anilines is 1. The van der Waals surface area contributed by atoms with Crippen molar-refractivity contribution in [1.82, 2.24) is 5.32 Å². The fourth-order valence-corrected chi connectivity index (χ4v) is 4.11. The van der Waals surface area contributed by atoms with Crippen molar-refractivity contribution in [2.24, 2.45) is 5.92 Å². The van der Waals surface area contributed by atoms with Gasteiger partial charge >= 0.3 is 0 Å². The third-order valence-electron chi connectivity index (χ3n) is 5.26. The zero-order chi connectivity index (χ0) is 16.9. The first-order chi connectivity index (χ1) is 11.7. The van der Waals surface area contributed by atoms with E-state index in [0.717, 1.165) is 30.8 Å². The van der Waals surface area contributed by atoms with E-state index in [1.165, 1.54) is 38.3 Å². The number of amides is 1. The Morgan fingerprint density at radius 1 is 1.29 bits per heavy atom. The lowest BCUT2D eigenvalue weighted by atomic mass is 9.87. The normalized spacial score (nSPS) is 21.7. The summed E-state index contributed by atoms with van der Waals surface area (Å²) in [6, 6.07) is 6.01. The predicted octanol–water partition coefficient (Wildman–Crippen LogP) is 4.00. The highest BCUT2D eigenvalue weighted by atomic mass is 35.5. The van der Waals surface area contributed by atoms with Gasteiger partial charge in [0.15, 0.2) is 0 Å². The molecule has 2 N–H and O–H groups in total. The van der Waals surface area contributed by atoms with Crippen LogP contribution in [-0.2, 0) is 4.79 Å².